The number of carboxylic acids is 1. The fourth-order valence-electron chi connectivity index (χ4n) is 4.18. The molecule has 166 valence electrons. The molecule has 1 aromatic heterocycles. The van der Waals surface area contributed by atoms with Crippen LogP contribution >= 0.6 is 11.6 Å². The first-order valence-electron chi connectivity index (χ1n) is 10.7. The lowest BCUT2D eigenvalue weighted by Crippen LogP contribution is -1.98. The van der Waals surface area contributed by atoms with Crippen molar-refractivity contribution in [3.05, 3.63) is 112 Å². The van der Waals surface area contributed by atoms with Crippen molar-refractivity contribution >= 4 is 45.7 Å². The molecule has 0 atom stereocenters. The Balaban J connectivity index is 1.97. The number of aromatic nitrogens is 1. The Morgan fingerprint density at radius 2 is 1.82 bits per heavy atom. The quantitative estimate of drug-likeness (QED) is 0.229. The molecule has 3 nitrogen and oxygen atoms in total. The van der Waals surface area contributed by atoms with Gasteiger partial charge in [-0.3, -0.25) is 0 Å². The Morgan fingerprint density at radius 3 is 2.48 bits per heavy atom. The number of carbonyl (C=O) groups is 1. The summed E-state index contributed by atoms with van der Waals surface area (Å²) in [5.41, 5.74) is 7.05. The molecule has 1 heterocycles. The van der Waals surface area contributed by atoms with Crippen molar-refractivity contribution in [3.63, 3.8) is 0 Å². The van der Waals surface area contributed by atoms with Crippen LogP contribution in [-0.2, 0) is 4.79 Å². The number of hydrogen-bond donors (Lipinski definition) is 2. The maximum absolute atomic E-state index is 15.0. The summed E-state index contributed by atoms with van der Waals surface area (Å²) in [7, 11) is 0. The number of carboxylic acid groups (broad SMARTS) is 1. The van der Waals surface area contributed by atoms with Crippen LogP contribution in [0.15, 0.2) is 72.9 Å². The first-order valence-corrected chi connectivity index (χ1v) is 11.0. The number of rotatable bonds is 6. The largest absolute Gasteiger partial charge is 0.478 e. The molecule has 0 radical (unpaired) electrons. The number of aryl methyl sites for hydroxylation is 1. The summed E-state index contributed by atoms with van der Waals surface area (Å²) < 4.78 is 15.0. The highest BCUT2D eigenvalue weighted by Gasteiger charge is 2.17. The van der Waals surface area contributed by atoms with Crippen LogP contribution in [0, 0.1) is 12.7 Å². The summed E-state index contributed by atoms with van der Waals surface area (Å²) in [5, 5.41) is 10.4. The molecule has 3 aromatic carbocycles. The molecule has 4 rings (SSSR count). The minimum Gasteiger partial charge on any atom is -0.478 e. The molecule has 33 heavy (non-hydrogen) atoms. The van der Waals surface area contributed by atoms with E-state index in [2.05, 4.69) is 11.9 Å². The van der Waals surface area contributed by atoms with Crippen molar-refractivity contribution < 1.29 is 14.3 Å². The number of H-pyrrole nitrogens is 1. The summed E-state index contributed by atoms with van der Waals surface area (Å²) >= 11 is 6.20. The molecule has 4 aromatic rings. The van der Waals surface area contributed by atoms with Crippen LogP contribution < -0.4 is 0 Å². The summed E-state index contributed by atoms with van der Waals surface area (Å²) in [6, 6.07) is 18.8. The van der Waals surface area contributed by atoms with Crippen molar-refractivity contribution in [2.75, 3.05) is 0 Å². The molecule has 0 unspecified atom stereocenters. The van der Waals surface area contributed by atoms with Gasteiger partial charge in [-0.25, -0.2) is 9.18 Å². The topological polar surface area (TPSA) is 53.1 Å². The fourth-order valence-corrected chi connectivity index (χ4v) is 4.41. The van der Waals surface area contributed by atoms with Crippen LogP contribution in [0.5, 0.6) is 0 Å². The third kappa shape index (κ3) is 4.76. The van der Waals surface area contributed by atoms with E-state index in [9.17, 15) is 9.18 Å². The SMILES string of the molecule is CCC(=C(c1ccc(C=CC(=O)O)cc1)c1cc(F)c2[nH]ccc2c1)c1ccc(Cl)cc1C. The number of nitrogens with one attached hydrogen (secondary N) is 1. The second kappa shape index (κ2) is 9.47. The van der Waals surface area contributed by atoms with Crippen LogP contribution in [0.3, 0.4) is 0 Å². The second-order valence-corrected chi connectivity index (χ2v) is 8.30. The summed E-state index contributed by atoms with van der Waals surface area (Å²) in [6.07, 6.45) is 5.11. The van der Waals surface area contributed by atoms with Gasteiger partial charge in [0.1, 0.15) is 5.82 Å². The molecule has 0 aliphatic carbocycles. The van der Waals surface area contributed by atoms with Crippen LogP contribution in [0.1, 0.15) is 41.2 Å². The number of halogens is 2. The minimum atomic E-state index is -0.999. The van der Waals surface area contributed by atoms with Gasteiger partial charge in [0.05, 0.1) is 5.52 Å². The van der Waals surface area contributed by atoms with Crippen LogP contribution in [0.2, 0.25) is 5.02 Å². The Bertz CT molecular complexity index is 1400. The minimum absolute atomic E-state index is 0.311. The van der Waals surface area contributed by atoms with Crippen LogP contribution in [0.25, 0.3) is 28.1 Å². The zero-order valence-corrected chi connectivity index (χ0v) is 19.1. The van der Waals surface area contributed by atoms with Gasteiger partial charge in [0.15, 0.2) is 0 Å². The van der Waals surface area contributed by atoms with Gasteiger partial charge < -0.3 is 10.1 Å². The molecule has 0 bridgehead atoms. The number of aliphatic carboxylic acids is 1. The van der Waals surface area contributed by atoms with Gasteiger partial charge in [0, 0.05) is 22.7 Å². The molecule has 0 aliphatic heterocycles. The molecular weight excluding hydrogens is 437 g/mol. The average Bonchev–Trinajstić information content (AvgIpc) is 3.26. The predicted molar refractivity (Wildman–Crippen MR) is 134 cm³/mol. The van der Waals surface area contributed by atoms with Gasteiger partial charge in [0.2, 0.25) is 0 Å². The van der Waals surface area contributed by atoms with Crippen LogP contribution in [-0.4, -0.2) is 16.1 Å². The summed E-state index contributed by atoms with van der Waals surface area (Å²) in [6.45, 7) is 4.10. The van der Waals surface area contributed by atoms with E-state index in [0.29, 0.717) is 10.5 Å². The summed E-state index contributed by atoms with van der Waals surface area (Å²) in [4.78, 5) is 13.8. The van der Waals surface area contributed by atoms with Gasteiger partial charge in [-0.15, -0.1) is 0 Å². The first-order chi connectivity index (χ1) is 15.9. The van der Waals surface area contributed by atoms with E-state index in [-0.39, 0.29) is 5.82 Å². The third-order valence-corrected chi connectivity index (χ3v) is 5.92. The number of hydrogen-bond acceptors (Lipinski definition) is 1. The van der Waals surface area contributed by atoms with E-state index in [1.165, 1.54) is 0 Å². The Kier molecular flexibility index (Phi) is 6.47. The molecule has 2 N–H and O–H groups in total. The first kappa shape index (κ1) is 22.6. The Labute approximate surface area is 196 Å². The maximum atomic E-state index is 15.0. The standard InChI is InChI=1S/C28H23ClFNO2/c1-3-23(24-10-9-22(29)14-17(24)2)27(19-7-4-18(5-8-19)6-11-26(32)33)21-15-20-12-13-31-28(20)25(30)16-21/h4-16,31H,3H2,1-2H3,(H,32,33). The highest BCUT2D eigenvalue weighted by molar-refractivity contribution is 6.30. The molecule has 0 spiro atoms. The zero-order chi connectivity index (χ0) is 23.5. The molecule has 0 aliphatic rings. The van der Waals surface area contributed by atoms with E-state index >= 15 is 0 Å². The average molecular weight is 460 g/mol. The highest BCUT2D eigenvalue weighted by Crippen LogP contribution is 2.38. The zero-order valence-electron chi connectivity index (χ0n) is 18.3. The van der Waals surface area contributed by atoms with Gasteiger partial charge in [-0.2, -0.15) is 0 Å². The van der Waals surface area contributed by atoms with E-state index in [1.54, 1.807) is 18.3 Å². The number of allylic oxidation sites excluding steroid dienone is 1. The van der Waals surface area contributed by atoms with Gasteiger partial charge >= 0.3 is 5.97 Å². The van der Waals surface area contributed by atoms with Crippen molar-refractivity contribution in [1.29, 1.82) is 0 Å². The molecule has 0 amide bonds. The second-order valence-electron chi connectivity index (χ2n) is 7.86. The van der Waals surface area contributed by atoms with Crippen molar-refractivity contribution in [3.8, 4) is 0 Å². The maximum Gasteiger partial charge on any atom is 0.328 e. The lowest BCUT2D eigenvalue weighted by Gasteiger charge is -2.18. The third-order valence-electron chi connectivity index (χ3n) is 5.69. The van der Waals surface area contributed by atoms with E-state index < -0.39 is 5.97 Å². The van der Waals surface area contributed by atoms with E-state index in [1.807, 2.05) is 61.5 Å². The van der Waals surface area contributed by atoms with E-state index in [0.717, 1.165) is 56.8 Å². The number of fused-ring (bicyclic) bond motifs is 1. The van der Waals surface area contributed by atoms with Gasteiger partial charge in [0.25, 0.3) is 0 Å². The Morgan fingerprint density at radius 1 is 1.06 bits per heavy atom. The number of aromatic amines is 1. The monoisotopic (exact) mass is 459 g/mol. The van der Waals surface area contributed by atoms with Crippen LogP contribution in [0.4, 0.5) is 4.39 Å². The van der Waals surface area contributed by atoms with Gasteiger partial charge in [-0.05, 0) is 88.7 Å². The van der Waals surface area contributed by atoms with Crippen molar-refractivity contribution in [1.82, 2.24) is 4.98 Å². The molecule has 5 heteroatoms. The number of benzene rings is 3. The van der Waals surface area contributed by atoms with Crippen molar-refractivity contribution in [2.45, 2.75) is 20.3 Å². The van der Waals surface area contributed by atoms with E-state index in [4.69, 9.17) is 16.7 Å². The lowest BCUT2D eigenvalue weighted by atomic mass is 9.86. The molecule has 0 fully saturated rings. The lowest BCUT2D eigenvalue weighted by molar-refractivity contribution is -0.131. The van der Waals surface area contributed by atoms with Gasteiger partial charge in [-0.1, -0.05) is 48.9 Å². The molecule has 0 saturated heterocycles. The smallest absolute Gasteiger partial charge is 0.328 e. The fraction of sp³-hybridized carbons (Fsp3) is 0.107. The highest BCUT2D eigenvalue weighted by atomic mass is 35.5. The van der Waals surface area contributed by atoms with Crippen molar-refractivity contribution in [2.24, 2.45) is 0 Å². The Hall–Kier alpha value is -3.63. The summed E-state index contributed by atoms with van der Waals surface area (Å²) in [5.74, 6) is -1.31. The normalized spacial score (nSPS) is 12.4. The predicted octanol–water partition coefficient (Wildman–Crippen LogP) is 7.74. The molecule has 0 saturated carbocycles. The molecular formula is C28H23ClFNO2.